The van der Waals surface area contributed by atoms with Gasteiger partial charge in [-0.05, 0) is 35.9 Å². The molecule has 0 aliphatic carbocycles. The van der Waals surface area contributed by atoms with Crippen LogP contribution in [0.4, 0.5) is 0 Å². The summed E-state index contributed by atoms with van der Waals surface area (Å²) < 4.78 is 11.6. The summed E-state index contributed by atoms with van der Waals surface area (Å²) in [5.74, 6) is 1.28. The van der Waals surface area contributed by atoms with Crippen LogP contribution in [0.1, 0.15) is 10.6 Å². The Hall–Kier alpha value is -2.84. The fourth-order valence-electron chi connectivity index (χ4n) is 2.24. The van der Waals surface area contributed by atoms with Crippen molar-refractivity contribution in [3.8, 4) is 17.6 Å². The maximum Gasteiger partial charge on any atom is 0.161 e. The van der Waals surface area contributed by atoms with E-state index in [4.69, 9.17) is 9.47 Å². The van der Waals surface area contributed by atoms with Gasteiger partial charge in [0.2, 0.25) is 0 Å². The Bertz CT molecular complexity index is 889. The molecule has 5 heteroatoms. The summed E-state index contributed by atoms with van der Waals surface area (Å²) in [4.78, 5) is 4.53. The topological polar surface area (TPSA) is 55.1 Å². The Morgan fingerprint density at radius 1 is 1.13 bits per heavy atom. The number of nitrogens with zero attached hydrogens (tertiary/aromatic N) is 2. The van der Waals surface area contributed by atoms with Crippen molar-refractivity contribution in [3.05, 3.63) is 53.0 Å². The highest BCUT2D eigenvalue weighted by Gasteiger charge is 2.10. The first-order chi connectivity index (χ1) is 11.2. The molecule has 3 rings (SSSR count). The van der Waals surface area contributed by atoms with Gasteiger partial charge in [0.15, 0.2) is 11.5 Å². The van der Waals surface area contributed by atoms with Crippen LogP contribution in [-0.4, -0.2) is 19.2 Å². The van der Waals surface area contributed by atoms with Crippen LogP contribution in [0.3, 0.4) is 0 Å². The maximum absolute atomic E-state index is 9.49. The van der Waals surface area contributed by atoms with E-state index in [1.165, 1.54) is 11.3 Å². The number of hydrogen-bond acceptors (Lipinski definition) is 5. The molecule has 0 saturated carbocycles. The number of rotatable bonds is 4. The second-order valence-electron chi connectivity index (χ2n) is 4.77. The molecule has 0 bridgehead atoms. The molecule has 0 aliphatic heterocycles. The second-order valence-corrected chi connectivity index (χ2v) is 5.80. The van der Waals surface area contributed by atoms with Gasteiger partial charge in [0.1, 0.15) is 11.1 Å². The number of aromatic nitrogens is 1. The lowest BCUT2D eigenvalue weighted by atomic mass is 10.1. The Morgan fingerprint density at radius 2 is 1.91 bits per heavy atom. The highest BCUT2D eigenvalue weighted by molar-refractivity contribution is 7.19. The highest BCUT2D eigenvalue weighted by atomic mass is 32.1. The number of fused-ring (bicyclic) bond motifs is 1. The van der Waals surface area contributed by atoms with E-state index in [1.807, 2.05) is 42.5 Å². The molecular weight excluding hydrogens is 308 g/mol. The zero-order valence-electron chi connectivity index (χ0n) is 12.7. The quantitative estimate of drug-likeness (QED) is 0.669. The molecule has 1 aromatic heterocycles. The number of nitriles is 1. The van der Waals surface area contributed by atoms with Gasteiger partial charge in [-0.25, -0.2) is 4.98 Å². The van der Waals surface area contributed by atoms with E-state index < -0.39 is 0 Å². The Kier molecular flexibility index (Phi) is 4.26. The summed E-state index contributed by atoms with van der Waals surface area (Å²) in [6, 6.07) is 15.6. The summed E-state index contributed by atoms with van der Waals surface area (Å²) in [5, 5.41) is 10.2. The summed E-state index contributed by atoms with van der Waals surface area (Å²) in [7, 11) is 3.18. The van der Waals surface area contributed by atoms with E-state index in [1.54, 1.807) is 20.3 Å². The van der Waals surface area contributed by atoms with E-state index in [0.29, 0.717) is 22.1 Å². The Balaban J connectivity index is 2.03. The molecule has 23 heavy (non-hydrogen) atoms. The fraction of sp³-hybridized carbons (Fsp3) is 0.111. The number of para-hydroxylation sites is 1. The minimum absolute atomic E-state index is 0.526. The van der Waals surface area contributed by atoms with Crippen LogP contribution in [-0.2, 0) is 0 Å². The number of hydrogen-bond donors (Lipinski definition) is 0. The monoisotopic (exact) mass is 322 g/mol. The standard InChI is InChI=1S/C18H14N2O2S/c1-21-15-8-7-12(10-16(15)22-2)9-13(11-19)18-20-14-5-3-4-6-17(14)23-18/h3-10H,1-2H3/b13-9-. The zero-order chi connectivity index (χ0) is 16.2. The third kappa shape index (κ3) is 3.03. The molecule has 0 atom stereocenters. The zero-order valence-corrected chi connectivity index (χ0v) is 13.6. The minimum atomic E-state index is 0.526. The molecule has 114 valence electrons. The van der Waals surface area contributed by atoms with E-state index in [-0.39, 0.29) is 0 Å². The fourth-order valence-corrected chi connectivity index (χ4v) is 3.17. The average Bonchev–Trinajstić information content (AvgIpc) is 3.03. The van der Waals surface area contributed by atoms with E-state index in [0.717, 1.165) is 15.8 Å². The van der Waals surface area contributed by atoms with Gasteiger partial charge in [-0.15, -0.1) is 11.3 Å². The summed E-state index contributed by atoms with van der Waals surface area (Å²) >= 11 is 1.51. The van der Waals surface area contributed by atoms with E-state index in [2.05, 4.69) is 11.1 Å². The van der Waals surface area contributed by atoms with Crippen molar-refractivity contribution in [2.75, 3.05) is 14.2 Å². The van der Waals surface area contributed by atoms with Crippen LogP contribution in [0.5, 0.6) is 11.5 Å². The molecule has 0 saturated heterocycles. The van der Waals surface area contributed by atoms with Gasteiger partial charge in [-0.3, -0.25) is 0 Å². The normalized spacial score (nSPS) is 11.3. The summed E-state index contributed by atoms with van der Waals surface area (Å²) in [5.41, 5.74) is 2.29. The van der Waals surface area contributed by atoms with Crippen LogP contribution in [0.15, 0.2) is 42.5 Å². The summed E-state index contributed by atoms with van der Waals surface area (Å²) in [6.07, 6.45) is 1.81. The lowest BCUT2D eigenvalue weighted by Gasteiger charge is -2.07. The van der Waals surface area contributed by atoms with Crippen LogP contribution in [0.25, 0.3) is 21.9 Å². The third-order valence-electron chi connectivity index (χ3n) is 3.36. The van der Waals surface area contributed by atoms with Crippen molar-refractivity contribution in [1.29, 1.82) is 5.26 Å². The maximum atomic E-state index is 9.49. The first kappa shape index (κ1) is 15.1. The molecule has 0 fully saturated rings. The van der Waals surface area contributed by atoms with Crippen LogP contribution >= 0.6 is 11.3 Å². The van der Waals surface area contributed by atoms with Gasteiger partial charge in [-0.2, -0.15) is 5.26 Å². The van der Waals surface area contributed by atoms with E-state index >= 15 is 0 Å². The number of thiazole rings is 1. The molecule has 0 unspecified atom stereocenters. The number of ether oxygens (including phenoxy) is 2. The molecular formula is C18H14N2O2S. The molecule has 0 aliphatic rings. The predicted octanol–water partition coefficient (Wildman–Crippen LogP) is 4.38. The molecule has 0 N–H and O–H groups in total. The molecule has 0 radical (unpaired) electrons. The lowest BCUT2D eigenvalue weighted by molar-refractivity contribution is 0.355. The Labute approximate surface area is 138 Å². The van der Waals surface area contributed by atoms with Crippen LogP contribution in [0, 0.1) is 11.3 Å². The summed E-state index contributed by atoms with van der Waals surface area (Å²) in [6.45, 7) is 0. The van der Waals surface area contributed by atoms with Gasteiger partial charge < -0.3 is 9.47 Å². The van der Waals surface area contributed by atoms with Gasteiger partial charge in [0.05, 0.1) is 30.0 Å². The SMILES string of the molecule is COc1ccc(/C=C(/C#N)c2nc3ccccc3s2)cc1OC. The van der Waals surface area contributed by atoms with Crippen molar-refractivity contribution in [3.63, 3.8) is 0 Å². The van der Waals surface area contributed by atoms with Gasteiger partial charge in [0.25, 0.3) is 0 Å². The smallest absolute Gasteiger partial charge is 0.161 e. The number of allylic oxidation sites excluding steroid dienone is 1. The van der Waals surface area contributed by atoms with Crippen molar-refractivity contribution >= 4 is 33.2 Å². The highest BCUT2D eigenvalue weighted by Crippen LogP contribution is 2.31. The molecule has 4 nitrogen and oxygen atoms in total. The van der Waals surface area contributed by atoms with Crippen molar-refractivity contribution < 1.29 is 9.47 Å². The molecule has 1 heterocycles. The van der Waals surface area contributed by atoms with Crippen molar-refractivity contribution in [1.82, 2.24) is 4.98 Å². The van der Waals surface area contributed by atoms with E-state index in [9.17, 15) is 5.26 Å². The molecule has 2 aromatic carbocycles. The molecule has 3 aromatic rings. The van der Waals surface area contributed by atoms with Gasteiger partial charge >= 0.3 is 0 Å². The third-order valence-corrected chi connectivity index (χ3v) is 4.43. The van der Waals surface area contributed by atoms with Crippen LogP contribution < -0.4 is 9.47 Å². The largest absolute Gasteiger partial charge is 0.493 e. The first-order valence-electron chi connectivity index (χ1n) is 6.95. The average molecular weight is 322 g/mol. The van der Waals surface area contributed by atoms with Crippen molar-refractivity contribution in [2.24, 2.45) is 0 Å². The molecule has 0 spiro atoms. The number of benzene rings is 2. The number of methoxy groups -OCH3 is 2. The minimum Gasteiger partial charge on any atom is -0.493 e. The first-order valence-corrected chi connectivity index (χ1v) is 7.76. The second kappa shape index (κ2) is 6.51. The Morgan fingerprint density at radius 3 is 2.61 bits per heavy atom. The van der Waals surface area contributed by atoms with Crippen molar-refractivity contribution in [2.45, 2.75) is 0 Å². The molecule has 0 amide bonds. The lowest BCUT2D eigenvalue weighted by Crippen LogP contribution is -1.90. The van der Waals surface area contributed by atoms with Crippen LogP contribution in [0.2, 0.25) is 0 Å². The predicted molar refractivity (Wildman–Crippen MR) is 92.7 cm³/mol. The van der Waals surface area contributed by atoms with Gasteiger partial charge in [0, 0.05) is 0 Å². The van der Waals surface area contributed by atoms with Gasteiger partial charge in [-0.1, -0.05) is 18.2 Å².